The molecule has 2 N–H and O–H groups in total. The number of aliphatic hydroxyl groups excluding tert-OH is 1. The molecule has 6 nitrogen and oxygen atoms in total. The predicted molar refractivity (Wildman–Crippen MR) is 66.2 cm³/mol. The minimum absolute atomic E-state index is 0.135. The van der Waals surface area contributed by atoms with E-state index in [1.165, 1.54) is 17.7 Å². The maximum atomic E-state index is 11.5. The molecule has 0 radical (unpaired) electrons. The summed E-state index contributed by atoms with van der Waals surface area (Å²) in [6.07, 6.45) is 1.12. The molecule has 1 rings (SSSR count). The van der Waals surface area contributed by atoms with Gasteiger partial charge in [-0.25, -0.2) is 0 Å². The van der Waals surface area contributed by atoms with Gasteiger partial charge in [0.2, 0.25) is 5.91 Å². The number of hydrogen-bond donors (Lipinski definition) is 2. The Balaban J connectivity index is 2.29. The fraction of sp³-hybridized carbons (Fsp3) is 0.500. The van der Waals surface area contributed by atoms with Crippen molar-refractivity contribution in [2.75, 3.05) is 20.3 Å². The number of rotatable bonds is 7. The van der Waals surface area contributed by atoms with Crippen LogP contribution in [0.25, 0.3) is 0 Å². The smallest absolute Gasteiger partial charge is 0.250 e. The van der Waals surface area contributed by atoms with E-state index in [9.17, 15) is 14.7 Å². The maximum absolute atomic E-state index is 11.5. The first-order valence-corrected chi connectivity index (χ1v) is 5.72. The summed E-state index contributed by atoms with van der Waals surface area (Å²) in [6.45, 7) is 0.653. The van der Waals surface area contributed by atoms with Crippen molar-refractivity contribution >= 4 is 5.91 Å². The number of nitrogens with one attached hydrogen (secondary N) is 1. The number of pyridine rings is 1. The average Bonchev–Trinajstić information content (AvgIpc) is 2.36. The molecule has 1 amide bonds. The molecule has 0 aliphatic carbocycles. The van der Waals surface area contributed by atoms with Crippen molar-refractivity contribution in [3.8, 4) is 0 Å². The second kappa shape index (κ2) is 7.62. The molecule has 100 valence electrons. The predicted octanol–water partition coefficient (Wildman–Crippen LogP) is -0.638. The third-order valence-corrected chi connectivity index (χ3v) is 2.37. The van der Waals surface area contributed by atoms with Crippen LogP contribution in [0.5, 0.6) is 0 Å². The third-order valence-electron chi connectivity index (χ3n) is 2.37. The lowest BCUT2D eigenvalue weighted by Crippen LogP contribution is -2.35. The zero-order valence-electron chi connectivity index (χ0n) is 10.3. The maximum Gasteiger partial charge on any atom is 0.250 e. The first-order chi connectivity index (χ1) is 8.63. The number of methoxy groups -OCH3 is 1. The fourth-order valence-corrected chi connectivity index (χ4v) is 1.44. The van der Waals surface area contributed by atoms with Gasteiger partial charge in [-0.2, -0.15) is 0 Å². The van der Waals surface area contributed by atoms with Crippen molar-refractivity contribution in [1.29, 1.82) is 0 Å². The van der Waals surface area contributed by atoms with E-state index in [1.807, 2.05) is 0 Å². The van der Waals surface area contributed by atoms with Gasteiger partial charge in [-0.15, -0.1) is 0 Å². The van der Waals surface area contributed by atoms with Gasteiger partial charge in [0.05, 0.1) is 12.7 Å². The van der Waals surface area contributed by atoms with Gasteiger partial charge in [-0.1, -0.05) is 6.07 Å². The van der Waals surface area contributed by atoms with Gasteiger partial charge >= 0.3 is 0 Å². The molecule has 1 unspecified atom stereocenters. The number of carbonyl (C=O) groups is 1. The highest BCUT2D eigenvalue weighted by Gasteiger charge is 2.06. The Hall–Kier alpha value is -1.66. The van der Waals surface area contributed by atoms with E-state index in [0.717, 1.165) is 0 Å². The SMILES string of the molecule is COCC(O)CNC(=O)CCn1ccccc1=O. The Morgan fingerprint density at radius 3 is 3.00 bits per heavy atom. The third kappa shape index (κ3) is 5.11. The van der Waals surface area contributed by atoms with E-state index >= 15 is 0 Å². The Bertz CT molecular complexity index is 430. The minimum atomic E-state index is -0.710. The summed E-state index contributed by atoms with van der Waals surface area (Å²) in [5.74, 6) is -0.207. The molecular weight excluding hydrogens is 236 g/mol. The average molecular weight is 254 g/mol. The highest BCUT2D eigenvalue weighted by molar-refractivity contribution is 5.75. The molecule has 18 heavy (non-hydrogen) atoms. The normalized spacial score (nSPS) is 12.1. The number of aliphatic hydroxyl groups is 1. The Labute approximate surface area is 105 Å². The van der Waals surface area contributed by atoms with E-state index in [0.29, 0.717) is 6.54 Å². The Morgan fingerprint density at radius 2 is 2.33 bits per heavy atom. The molecule has 0 aromatic carbocycles. The molecule has 0 bridgehead atoms. The molecule has 0 saturated heterocycles. The number of aryl methyl sites for hydroxylation is 1. The summed E-state index contributed by atoms with van der Waals surface area (Å²) in [5.41, 5.74) is -0.135. The van der Waals surface area contributed by atoms with Crippen LogP contribution in [-0.2, 0) is 16.1 Å². The molecule has 0 aliphatic rings. The van der Waals surface area contributed by atoms with E-state index in [1.54, 1.807) is 18.3 Å². The van der Waals surface area contributed by atoms with Crippen molar-refractivity contribution in [2.24, 2.45) is 0 Å². The highest BCUT2D eigenvalue weighted by atomic mass is 16.5. The first kappa shape index (κ1) is 14.4. The van der Waals surface area contributed by atoms with Crippen LogP contribution >= 0.6 is 0 Å². The summed E-state index contributed by atoms with van der Waals surface area (Å²) in [4.78, 5) is 22.8. The van der Waals surface area contributed by atoms with Crippen LogP contribution in [0.15, 0.2) is 29.2 Å². The van der Waals surface area contributed by atoms with Gasteiger partial charge < -0.3 is 19.7 Å². The first-order valence-electron chi connectivity index (χ1n) is 5.72. The zero-order valence-corrected chi connectivity index (χ0v) is 10.3. The summed E-state index contributed by atoms with van der Waals surface area (Å²) in [5, 5.41) is 11.9. The van der Waals surface area contributed by atoms with Crippen LogP contribution < -0.4 is 10.9 Å². The summed E-state index contributed by atoms with van der Waals surface area (Å²) < 4.78 is 6.20. The second-order valence-electron chi connectivity index (χ2n) is 3.90. The Morgan fingerprint density at radius 1 is 1.56 bits per heavy atom. The second-order valence-corrected chi connectivity index (χ2v) is 3.90. The minimum Gasteiger partial charge on any atom is -0.389 e. The van der Waals surface area contributed by atoms with Gasteiger partial charge in [0.15, 0.2) is 0 Å². The summed E-state index contributed by atoms with van der Waals surface area (Å²) >= 11 is 0. The van der Waals surface area contributed by atoms with E-state index in [2.05, 4.69) is 5.32 Å². The van der Waals surface area contributed by atoms with Crippen LogP contribution in [0.1, 0.15) is 6.42 Å². The monoisotopic (exact) mass is 254 g/mol. The molecule has 1 heterocycles. The lowest BCUT2D eigenvalue weighted by Gasteiger charge is -2.11. The number of carbonyl (C=O) groups excluding carboxylic acids is 1. The van der Waals surface area contributed by atoms with Gasteiger partial charge in [0.25, 0.3) is 5.56 Å². The Kier molecular flexibility index (Phi) is 6.10. The largest absolute Gasteiger partial charge is 0.389 e. The summed E-state index contributed by atoms with van der Waals surface area (Å²) in [6, 6.07) is 4.84. The van der Waals surface area contributed by atoms with Gasteiger partial charge in [0.1, 0.15) is 0 Å². The lowest BCUT2D eigenvalue weighted by atomic mass is 10.3. The molecule has 0 saturated carbocycles. The lowest BCUT2D eigenvalue weighted by molar-refractivity contribution is -0.121. The van der Waals surface area contributed by atoms with Crippen LogP contribution in [0.4, 0.5) is 0 Å². The van der Waals surface area contributed by atoms with Crippen LogP contribution in [0.2, 0.25) is 0 Å². The molecule has 0 fully saturated rings. The van der Waals surface area contributed by atoms with E-state index in [-0.39, 0.29) is 31.0 Å². The standard InChI is InChI=1S/C12H18N2O4/c1-18-9-10(15)8-13-11(16)5-7-14-6-3-2-4-12(14)17/h2-4,6,10,15H,5,7-9H2,1H3,(H,13,16). The molecule has 0 spiro atoms. The molecule has 0 aliphatic heterocycles. The zero-order chi connectivity index (χ0) is 13.4. The van der Waals surface area contributed by atoms with Crippen molar-refractivity contribution in [3.63, 3.8) is 0 Å². The number of aromatic nitrogens is 1. The quantitative estimate of drug-likeness (QED) is 0.678. The van der Waals surface area contributed by atoms with Crippen molar-refractivity contribution in [3.05, 3.63) is 34.7 Å². The van der Waals surface area contributed by atoms with Crippen molar-refractivity contribution in [1.82, 2.24) is 9.88 Å². The topological polar surface area (TPSA) is 80.6 Å². The van der Waals surface area contributed by atoms with Gasteiger partial charge in [0, 0.05) is 38.9 Å². The van der Waals surface area contributed by atoms with Gasteiger partial charge in [-0.05, 0) is 6.07 Å². The van der Waals surface area contributed by atoms with Crippen molar-refractivity contribution < 1.29 is 14.6 Å². The van der Waals surface area contributed by atoms with Crippen LogP contribution in [0, 0.1) is 0 Å². The number of ether oxygens (including phenoxy) is 1. The van der Waals surface area contributed by atoms with Gasteiger partial charge in [-0.3, -0.25) is 9.59 Å². The fourth-order valence-electron chi connectivity index (χ4n) is 1.44. The molecule has 1 aromatic rings. The molecule has 1 aromatic heterocycles. The number of nitrogens with zero attached hydrogens (tertiary/aromatic N) is 1. The molecular formula is C12H18N2O4. The number of hydrogen-bond acceptors (Lipinski definition) is 4. The van der Waals surface area contributed by atoms with E-state index in [4.69, 9.17) is 4.74 Å². The number of amides is 1. The molecule has 6 heteroatoms. The molecule has 1 atom stereocenters. The highest BCUT2D eigenvalue weighted by Crippen LogP contribution is 1.89. The van der Waals surface area contributed by atoms with E-state index < -0.39 is 6.10 Å². The van der Waals surface area contributed by atoms with Crippen molar-refractivity contribution in [2.45, 2.75) is 19.1 Å². The summed E-state index contributed by atoms with van der Waals surface area (Å²) in [7, 11) is 1.48. The van der Waals surface area contributed by atoms with Crippen LogP contribution in [-0.4, -0.2) is 41.9 Å². The van der Waals surface area contributed by atoms with Crippen LogP contribution in [0.3, 0.4) is 0 Å².